The van der Waals surface area contributed by atoms with Crippen molar-refractivity contribution in [2.75, 3.05) is 0 Å². The van der Waals surface area contributed by atoms with Gasteiger partial charge in [-0.1, -0.05) is 287 Å². The minimum absolute atomic E-state index is 0.0344. The molecule has 0 saturated heterocycles. The van der Waals surface area contributed by atoms with Crippen LogP contribution in [0.5, 0.6) is 0 Å². The molecule has 0 aliphatic heterocycles. The molecule has 1 aliphatic carbocycles. The summed E-state index contributed by atoms with van der Waals surface area (Å²) >= 11 is 10.6. The fraction of sp³-hybridized carbons (Fsp3) is 0.0330. The molecule has 1 aliphatic rings. The first-order valence-electron chi connectivity index (χ1n) is 33.5. The van der Waals surface area contributed by atoms with Crippen LogP contribution in [0, 0.1) is 0 Å². The van der Waals surface area contributed by atoms with Crippen molar-refractivity contribution in [3.8, 4) is 118 Å². The molecule has 0 bridgehead atoms. The largest absolute Gasteiger partial charge is 0.309 e. The van der Waals surface area contributed by atoms with Gasteiger partial charge in [0.2, 0.25) is 0 Å². The first kappa shape index (κ1) is 64.3. The Morgan fingerprint density at radius 2 is 0.604 bits per heavy atom. The smallest absolute Gasteiger partial charge is 0.197 e. The minimum Gasteiger partial charge on any atom is -0.309 e. The van der Waals surface area contributed by atoms with E-state index in [1.54, 1.807) is 0 Å². The van der Waals surface area contributed by atoms with Crippen LogP contribution < -0.4 is 0 Å². The third kappa shape index (κ3) is 13.4. The van der Waals surface area contributed by atoms with Crippen molar-refractivity contribution in [1.29, 1.82) is 0 Å². The summed E-state index contributed by atoms with van der Waals surface area (Å²) in [5, 5.41) is 4.85. The Bertz CT molecular complexity index is 5890. The van der Waals surface area contributed by atoms with E-state index in [9.17, 15) is 0 Å². The zero-order valence-corrected chi connectivity index (χ0v) is 59.9. The van der Waals surface area contributed by atoms with Gasteiger partial charge in [0.05, 0.1) is 45.2 Å². The third-order valence-electron chi connectivity index (χ3n) is 18.8. The Hall–Kier alpha value is -11.4. The Morgan fingerprint density at radius 1 is 0.238 bits per heavy atom. The molecule has 4 aromatic heterocycles. The van der Waals surface area contributed by atoms with Gasteiger partial charge >= 0.3 is 0 Å². The zero-order chi connectivity index (χ0) is 68.4. The van der Waals surface area contributed by atoms with E-state index in [1.807, 2.05) is 24.3 Å². The van der Waals surface area contributed by atoms with Gasteiger partial charge in [0, 0.05) is 55.3 Å². The van der Waals surface area contributed by atoms with Crippen molar-refractivity contribution in [2.45, 2.75) is 19.3 Å². The number of rotatable bonds is 10. The number of fused-ring (bicyclic) bond motifs is 7. The lowest BCUT2D eigenvalue weighted by Crippen LogP contribution is -2.14. The van der Waals surface area contributed by atoms with Crippen LogP contribution in [0.2, 0.25) is 0 Å². The van der Waals surface area contributed by atoms with Crippen LogP contribution in [-0.2, 0) is 5.41 Å². The lowest BCUT2D eigenvalue weighted by atomic mass is 9.82. The second kappa shape index (κ2) is 28.1. The van der Waals surface area contributed by atoms with Crippen LogP contribution in [0.15, 0.2) is 354 Å². The molecule has 18 rings (SSSR count). The highest BCUT2D eigenvalue weighted by molar-refractivity contribution is 9.10. The predicted octanol–water partition coefficient (Wildman–Crippen LogP) is 25.3. The first-order chi connectivity index (χ1) is 49.5. The Kier molecular flexibility index (Phi) is 17.9. The maximum atomic E-state index is 4.75. The van der Waals surface area contributed by atoms with Crippen molar-refractivity contribution in [3.05, 3.63) is 365 Å². The Balaban J connectivity index is 0.000000118. The topological polar surface area (TPSA) is 82.3 Å². The van der Waals surface area contributed by atoms with E-state index in [0.29, 0.717) is 14.2 Å². The highest BCUT2D eigenvalue weighted by atomic mass is 79.9. The summed E-state index contributed by atoms with van der Waals surface area (Å²) in [6, 6.07) is 119. The molecule has 4 heterocycles. The van der Waals surface area contributed by atoms with Crippen molar-refractivity contribution in [1.82, 2.24) is 34.5 Å². The molecule has 13 aromatic carbocycles. The van der Waals surface area contributed by atoms with E-state index in [2.05, 4.69) is 402 Å². The minimum atomic E-state index is -0.0344. The summed E-state index contributed by atoms with van der Waals surface area (Å²) in [7, 11) is 0. The molecule has 482 valence electrons. The predicted molar refractivity (Wildman–Crippen MR) is 428 cm³/mol. The summed E-state index contributed by atoms with van der Waals surface area (Å²) in [4.78, 5) is 28.1. The number of nitrogens with zero attached hydrogens (tertiary/aromatic N) is 7. The summed E-state index contributed by atoms with van der Waals surface area (Å²) in [6.45, 7) is 4.61. The highest BCUT2D eigenvalue weighted by Crippen LogP contribution is 2.50. The average molecular weight is 1490 g/mol. The second-order valence-electron chi connectivity index (χ2n) is 25.5. The monoisotopic (exact) mass is 1490 g/mol. The molecule has 0 N–H and O–H groups in total. The fourth-order valence-electron chi connectivity index (χ4n) is 13.8. The first-order valence-corrected chi connectivity index (χ1v) is 35.8. The lowest BCUT2D eigenvalue weighted by Gasteiger charge is -2.21. The number of halogens is 3. The summed E-state index contributed by atoms with van der Waals surface area (Å²) < 4.78 is 4.08. The Labute approximate surface area is 612 Å². The second-order valence-corrected chi connectivity index (χ2v) is 27.6. The van der Waals surface area contributed by atoms with Crippen molar-refractivity contribution >= 4 is 80.4 Å². The molecule has 0 saturated carbocycles. The van der Waals surface area contributed by atoms with Gasteiger partial charge in [-0.3, -0.25) is 0 Å². The standard InChI is InChI=1S/C34H22BrN3.C29H21BrN2.C28H19BrN2/c35-34-36-30(25-17-15-24(16-18-25)23-9-3-1-4-10-23)22-31(37-34)26-19-20-33-29(21-26)28-13-7-8-14-32(28)38(33)27-11-5-2-6-12-27;1-29(2)24-10-6-5-9-22(24)23-14-13-21(16-25(23)29)27-17-26(31-28(30)32-27)20-12-11-18-7-3-4-8-19(18)15-20;29-28-30-26(23-16-14-22(15-17-23)20-8-3-1-4-9-20)19-27(31-28)25-13-7-12-24(18-25)21-10-5-2-6-11-21/h1-22H;3-17H,1-2H3;1-19H. The van der Waals surface area contributed by atoms with Crippen LogP contribution in [0.1, 0.15) is 25.0 Å². The van der Waals surface area contributed by atoms with Gasteiger partial charge in [0.15, 0.2) is 14.2 Å². The average Bonchev–Trinajstić information content (AvgIpc) is 1.59. The molecule has 0 radical (unpaired) electrons. The highest BCUT2D eigenvalue weighted by Gasteiger charge is 2.35. The zero-order valence-electron chi connectivity index (χ0n) is 55.1. The van der Waals surface area contributed by atoms with E-state index in [1.165, 1.54) is 88.2 Å². The number of aromatic nitrogens is 7. The number of hydrogen-bond donors (Lipinski definition) is 0. The van der Waals surface area contributed by atoms with Crippen molar-refractivity contribution < 1.29 is 0 Å². The molecule has 7 nitrogen and oxygen atoms in total. The van der Waals surface area contributed by atoms with Crippen LogP contribution in [-0.4, -0.2) is 34.5 Å². The van der Waals surface area contributed by atoms with Gasteiger partial charge in [-0.2, -0.15) is 0 Å². The lowest BCUT2D eigenvalue weighted by molar-refractivity contribution is 0.660. The van der Waals surface area contributed by atoms with E-state index in [4.69, 9.17) is 9.97 Å². The van der Waals surface area contributed by atoms with Gasteiger partial charge in [0.25, 0.3) is 0 Å². The van der Waals surface area contributed by atoms with Crippen molar-refractivity contribution in [2.24, 2.45) is 0 Å². The maximum absolute atomic E-state index is 4.75. The number of para-hydroxylation sites is 2. The van der Waals surface area contributed by atoms with E-state index in [0.717, 1.165) is 73.2 Å². The van der Waals surface area contributed by atoms with Crippen molar-refractivity contribution in [3.63, 3.8) is 0 Å². The summed E-state index contributed by atoms with van der Waals surface area (Å²) in [5.74, 6) is 0. The fourth-order valence-corrected chi connectivity index (χ4v) is 14.9. The van der Waals surface area contributed by atoms with Crippen LogP contribution in [0.4, 0.5) is 0 Å². The molecule has 0 spiro atoms. The van der Waals surface area contributed by atoms with Gasteiger partial charge in [-0.25, -0.2) is 29.9 Å². The number of benzene rings is 13. The maximum Gasteiger partial charge on any atom is 0.197 e. The van der Waals surface area contributed by atoms with Crippen LogP contribution in [0.3, 0.4) is 0 Å². The normalized spacial score (nSPS) is 11.9. The van der Waals surface area contributed by atoms with E-state index >= 15 is 0 Å². The molecular weight excluding hydrogens is 1430 g/mol. The van der Waals surface area contributed by atoms with E-state index < -0.39 is 0 Å². The molecule has 101 heavy (non-hydrogen) atoms. The third-order valence-corrected chi connectivity index (χ3v) is 19.9. The molecule has 10 heteroatoms. The molecule has 17 aromatic rings. The SMILES string of the molecule is Brc1nc(-c2ccc(-c3ccccc3)cc2)cc(-c2ccc3c(c2)c2ccccc2n3-c2ccccc2)n1.Brc1nc(-c2ccc(-c3ccccc3)cc2)cc(-c2cccc(-c3ccccc3)c2)n1.CC1(C)c2ccccc2-c2ccc(-c3cc(-c4ccc5ccccc5c4)nc(Br)n3)cc21. The van der Waals surface area contributed by atoms with Gasteiger partial charge in [0.1, 0.15) is 0 Å². The molecule has 0 amide bonds. The summed E-state index contributed by atoms with van der Waals surface area (Å²) in [5.41, 5.74) is 27.8. The quantitative estimate of drug-likeness (QED) is 0.127. The molecule has 0 fully saturated rings. The number of hydrogen-bond acceptors (Lipinski definition) is 6. The van der Waals surface area contributed by atoms with E-state index in [-0.39, 0.29) is 5.41 Å². The van der Waals surface area contributed by atoms with Crippen LogP contribution in [0.25, 0.3) is 150 Å². The summed E-state index contributed by atoms with van der Waals surface area (Å²) in [6.07, 6.45) is 0. The molecular formula is C91H62Br3N7. The van der Waals surface area contributed by atoms with Gasteiger partial charge < -0.3 is 4.57 Å². The van der Waals surface area contributed by atoms with Gasteiger partial charge in [-0.05, 0) is 181 Å². The molecule has 0 atom stereocenters. The van der Waals surface area contributed by atoms with Gasteiger partial charge in [-0.15, -0.1) is 0 Å². The van der Waals surface area contributed by atoms with Crippen LogP contribution >= 0.6 is 47.8 Å². The Morgan fingerprint density at radius 3 is 1.18 bits per heavy atom. The molecule has 0 unspecified atom stereocenters.